The highest BCUT2D eigenvalue weighted by Gasteiger charge is 2.28. The summed E-state index contributed by atoms with van der Waals surface area (Å²) in [5, 5.41) is 3.27. The summed E-state index contributed by atoms with van der Waals surface area (Å²) >= 11 is 0. The number of nitrogens with two attached hydrogens (primary N) is 1. The molecular weight excluding hydrogens is 426 g/mol. The lowest BCUT2D eigenvalue weighted by molar-refractivity contribution is -0.118. The van der Waals surface area contributed by atoms with Gasteiger partial charge in [0.15, 0.2) is 17.2 Å². The highest BCUT2D eigenvalue weighted by atomic mass is 16.7. The molecule has 1 aromatic heterocycles. The molecule has 1 amide bonds. The lowest BCUT2D eigenvalue weighted by Gasteiger charge is -2.30. The summed E-state index contributed by atoms with van der Waals surface area (Å²) in [6, 6.07) is 5.65. The first-order valence-electron chi connectivity index (χ1n) is 11.3. The number of nitrogens with one attached hydrogen (secondary N) is 2. The Bertz CT molecular complexity index is 1120. The van der Waals surface area contributed by atoms with Crippen LogP contribution in [0.2, 0.25) is 0 Å². The number of ether oxygens (including phenoxy) is 2. The van der Waals surface area contributed by atoms with Crippen molar-refractivity contribution in [3.63, 3.8) is 0 Å². The molecule has 10 heteroatoms. The number of aromatic amines is 1. The van der Waals surface area contributed by atoms with Gasteiger partial charge in [0.25, 0.3) is 5.56 Å². The third kappa shape index (κ3) is 5.22. The van der Waals surface area contributed by atoms with Gasteiger partial charge in [0, 0.05) is 18.6 Å². The first-order valence-corrected chi connectivity index (χ1v) is 11.3. The topological polar surface area (TPSA) is 132 Å². The Hall–Kier alpha value is -3.27. The zero-order chi connectivity index (χ0) is 24.2. The number of amides is 1. The van der Waals surface area contributed by atoms with Crippen molar-refractivity contribution >= 4 is 17.4 Å². The molecule has 0 saturated carbocycles. The third-order valence-electron chi connectivity index (χ3n) is 5.74. The van der Waals surface area contributed by atoms with Crippen molar-refractivity contribution < 1.29 is 14.3 Å². The number of H-pyrrole nitrogens is 1. The van der Waals surface area contributed by atoms with E-state index in [1.165, 1.54) is 9.47 Å². The van der Waals surface area contributed by atoms with E-state index < -0.39 is 16.8 Å². The largest absolute Gasteiger partial charge is 0.454 e. The van der Waals surface area contributed by atoms with Gasteiger partial charge in [-0.25, -0.2) is 4.79 Å². The van der Waals surface area contributed by atoms with Crippen molar-refractivity contribution in [2.75, 3.05) is 30.5 Å². The molecule has 2 aromatic rings. The minimum atomic E-state index is -0.663. The molecule has 0 spiro atoms. The Morgan fingerprint density at radius 2 is 1.94 bits per heavy atom. The Morgan fingerprint density at radius 3 is 2.64 bits per heavy atom. The molecule has 1 aromatic carbocycles. The highest BCUT2D eigenvalue weighted by Crippen LogP contribution is 2.35. The average molecular weight is 460 g/mol. The monoisotopic (exact) mass is 459 g/mol. The van der Waals surface area contributed by atoms with E-state index in [9.17, 15) is 14.4 Å². The van der Waals surface area contributed by atoms with Crippen LogP contribution in [0, 0.1) is 0 Å². The van der Waals surface area contributed by atoms with Crippen LogP contribution >= 0.6 is 0 Å². The van der Waals surface area contributed by atoms with E-state index in [1.807, 2.05) is 45.9 Å². The minimum Gasteiger partial charge on any atom is -0.454 e. The minimum absolute atomic E-state index is 0.00471. The summed E-state index contributed by atoms with van der Waals surface area (Å²) in [5.74, 6) is 1.05. The van der Waals surface area contributed by atoms with Crippen molar-refractivity contribution in [3.05, 3.63) is 44.6 Å². The molecule has 180 valence electrons. The molecule has 0 atom stereocenters. The van der Waals surface area contributed by atoms with E-state index in [0.717, 1.165) is 12.0 Å². The molecule has 0 bridgehead atoms. The Morgan fingerprint density at radius 1 is 1.21 bits per heavy atom. The molecule has 0 aliphatic carbocycles. The molecule has 0 radical (unpaired) electrons. The zero-order valence-electron chi connectivity index (χ0n) is 19.7. The van der Waals surface area contributed by atoms with Crippen LogP contribution in [0.25, 0.3) is 0 Å². The third-order valence-corrected chi connectivity index (χ3v) is 5.74. The number of nitrogen functional groups attached to an aromatic ring is 1. The van der Waals surface area contributed by atoms with Crippen molar-refractivity contribution in [2.45, 2.75) is 59.0 Å². The number of rotatable bonds is 10. The van der Waals surface area contributed by atoms with Gasteiger partial charge in [-0.15, -0.1) is 0 Å². The second-order valence-corrected chi connectivity index (χ2v) is 8.59. The van der Waals surface area contributed by atoms with E-state index in [1.54, 1.807) is 0 Å². The van der Waals surface area contributed by atoms with Crippen LogP contribution in [0.15, 0.2) is 27.8 Å². The molecule has 1 aliphatic rings. The van der Waals surface area contributed by atoms with Crippen LogP contribution in [-0.4, -0.2) is 35.3 Å². The summed E-state index contributed by atoms with van der Waals surface area (Å²) in [6.45, 7) is 8.63. The Balaban J connectivity index is 1.85. The second-order valence-electron chi connectivity index (χ2n) is 8.59. The summed E-state index contributed by atoms with van der Waals surface area (Å²) in [5.41, 5.74) is 5.35. The van der Waals surface area contributed by atoms with E-state index >= 15 is 0 Å². The van der Waals surface area contributed by atoms with Crippen LogP contribution in [0.3, 0.4) is 0 Å². The summed E-state index contributed by atoms with van der Waals surface area (Å²) in [4.78, 5) is 41.8. The van der Waals surface area contributed by atoms with Crippen LogP contribution in [0.5, 0.6) is 11.5 Å². The SMILES string of the molecule is CCCCN(C(=O)CNC(C)(C)c1ccc2c(c1)OCO2)c1c(N)n(CCC)c(=O)[nH]c1=O. The van der Waals surface area contributed by atoms with Gasteiger partial charge in [0.1, 0.15) is 5.82 Å². The van der Waals surface area contributed by atoms with Gasteiger partial charge < -0.3 is 20.1 Å². The highest BCUT2D eigenvalue weighted by molar-refractivity contribution is 5.96. The maximum atomic E-state index is 13.3. The van der Waals surface area contributed by atoms with Crippen LogP contribution in [-0.2, 0) is 16.9 Å². The molecule has 0 saturated heterocycles. The number of benzene rings is 1. The fraction of sp³-hybridized carbons (Fsp3) is 0.522. The number of anilines is 2. The first kappa shape index (κ1) is 24.4. The quantitative estimate of drug-likeness (QED) is 0.494. The van der Waals surface area contributed by atoms with E-state index in [-0.39, 0.29) is 30.8 Å². The maximum absolute atomic E-state index is 13.3. The number of unbranched alkanes of at least 4 members (excludes halogenated alkanes) is 1. The van der Waals surface area contributed by atoms with Crippen molar-refractivity contribution in [2.24, 2.45) is 0 Å². The fourth-order valence-corrected chi connectivity index (χ4v) is 3.74. The molecule has 0 unspecified atom stereocenters. The molecule has 33 heavy (non-hydrogen) atoms. The normalized spacial score (nSPS) is 12.7. The summed E-state index contributed by atoms with van der Waals surface area (Å²) in [6.07, 6.45) is 2.17. The van der Waals surface area contributed by atoms with E-state index in [0.29, 0.717) is 37.4 Å². The zero-order valence-corrected chi connectivity index (χ0v) is 19.7. The van der Waals surface area contributed by atoms with Gasteiger partial charge in [-0.05, 0) is 44.4 Å². The van der Waals surface area contributed by atoms with Crippen molar-refractivity contribution in [3.8, 4) is 11.5 Å². The van der Waals surface area contributed by atoms with Crippen LogP contribution in [0.1, 0.15) is 52.5 Å². The summed E-state index contributed by atoms with van der Waals surface area (Å²) in [7, 11) is 0. The fourth-order valence-electron chi connectivity index (χ4n) is 3.74. The van der Waals surface area contributed by atoms with Gasteiger partial charge in [-0.3, -0.25) is 24.5 Å². The number of carbonyl (C=O) groups is 1. The van der Waals surface area contributed by atoms with Crippen LogP contribution < -0.4 is 36.7 Å². The number of aromatic nitrogens is 2. The number of nitrogens with zero attached hydrogens (tertiary/aromatic N) is 2. The van der Waals surface area contributed by atoms with Crippen LogP contribution in [0.4, 0.5) is 11.5 Å². The Labute approximate surface area is 192 Å². The van der Waals surface area contributed by atoms with Gasteiger partial charge in [-0.1, -0.05) is 26.3 Å². The predicted molar refractivity (Wildman–Crippen MR) is 127 cm³/mol. The molecular formula is C23H33N5O5. The molecule has 0 fully saturated rings. The molecule has 3 rings (SSSR count). The van der Waals surface area contributed by atoms with Gasteiger partial charge in [0.05, 0.1) is 6.54 Å². The number of hydrogen-bond acceptors (Lipinski definition) is 7. The van der Waals surface area contributed by atoms with Gasteiger partial charge in [-0.2, -0.15) is 0 Å². The molecule has 1 aliphatic heterocycles. The number of fused-ring (bicyclic) bond motifs is 1. The smallest absolute Gasteiger partial charge is 0.330 e. The van der Waals surface area contributed by atoms with Gasteiger partial charge in [0.2, 0.25) is 12.7 Å². The van der Waals surface area contributed by atoms with E-state index in [4.69, 9.17) is 15.2 Å². The summed E-state index contributed by atoms with van der Waals surface area (Å²) < 4.78 is 12.1. The number of hydrogen-bond donors (Lipinski definition) is 3. The Kier molecular flexibility index (Phi) is 7.47. The predicted octanol–water partition coefficient (Wildman–Crippen LogP) is 1.92. The second kappa shape index (κ2) is 10.1. The maximum Gasteiger partial charge on any atom is 0.330 e. The molecule has 10 nitrogen and oxygen atoms in total. The van der Waals surface area contributed by atoms with Gasteiger partial charge >= 0.3 is 5.69 Å². The molecule has 4 N–H and O–H groups in total. The lowest BCUT2D eigenvalue weighted by atomic mass is 9.94. The first-order chi connectivity index (χ1) is 15.7. The van der Waals surface area contributed by atoms with E-state index in [2.05, 4.69) is 10.3 Å². The number of carbonyl (C=O) groups excluding carboxylic acids is 1. The lowest BCUT2D eigenvalue weighted by Crippen LogP contribution is -2.48. The van der Waals surface area contributed by atoms with Crippen molar-refractivity contribution in [1.82, 2.24) is 14.9 Å². The average Bonchev–Trinajstić information content (AvgIpc) is 3.25. The van der Waals surface area contributed by atoms with Crippen molar-refractivity contribution in [1.29, 1.82) is 0 Å². The molecule has 2 heterocycles. The standard InChI is InChI=1S/C23H33N5O5/c1-5-7-11-27(19-20(24)28(10-6-2)22(31)26-21(19)30)18(29)13-25-23(3,4)15-8-9-16-17(12-15)33-14-32-16/h8-9,12,25H,5-7,10-11,13-14,24H2,1-4H3,(H,26,30,31).